The van der Waals surface area contributed by atoms with Crippen LogP contribution in [0.4, 0.5) is 0 Å². The van der Waals surface area contributed by atoms with Gasteiger partial charge in [0.25, 0.3) is 11.8 Å². The van der Waals surface area contributed by atoms with Crippen molar-refractivity contribution in [3.63, 3.8) is 0 Å². The molecule has 3 aliphatic carbocycles. The monoisotopic (exact) mass is 409 g/mol. The third-order valence-electron chi connectivity index (χ3n) is 6.66. The van der Waals surface area contributed by atoms with Crippen molar-refractivity contribution in [3.8, 4) is 0 Å². The Balaban J connectivity index is 1.70. The number of nitrogens with zero attached hydrogens (tertiary/aromatic N) is 1. The number of rotatable bonds is 2. The zero-order valence-corrected chi connectivity index (χ0v) is 16.1. The molecule has 1 saturated heterocycles. The molecule has 0 spiro atoms. The Hall–Kier alpha value is -3.10. The van der Waals surface area contributed by atoms with Crippen molar-refractivity contribution < 1.29 is 33.9 Å². The third-order valence-corrected chi connectivity index (χ3v) is 6.66. The molecule has 8 nitrogen and oxygen atoms in total. The van der Waals surface area contributed by atoms with E-state index in [4.69, 9.17) is 4.42 Å². The van der Waals surface area contributed by atoms with Gasteiger partial charge in [0.2, 0.25) is 0 Å². The van der Waals surface area contributed by atoms with Crippen molar-refractivity contribution in [2.45, 2.75) is 32.3 Å². The summed E-state index contributed by atoms with van der Waals surface area (Å²) in [5.41, 5.74) is 1.72. The average molecular weight is 409 g/mol. The van der Waals surface area contributed by atoms with Crippen molar-refractivity contribution in [1.82, 2.24) is 5.06 Å². The molecular weight excluding hydrogens is 390 g/mol. The molecule has 154 valence electrons. The van der Waals surface area contributed by atoms with Crippen LogP contribution in [0.15, 0.2) is 51.0 Å². The molecular formula is C22H19NO7. The van der Waals surface area contributed by atoms with Gasteiger partial charge in [-0.2, -0.15) is 5.06 Å². The first-order valence-electron chi connectivity index (χ1n) is 9.80. The molecule has 0 aromatic carbocycles. The van der Waals surface area contributed by atoms with E-state index < -0.39 is 35.5 Å². The van der Waals surface area contributed by atoms with E-state index >= 15 is 0 Å². The second-order valence-corrected chi connectivity index (χ2v) is 8.18. The zero-order chi connectivity index (χ0) is 21.3. The molecule has 4 unspecified atom stereocenters. The van der Waals surface area contributed by atoms with Crippen molar-refractivity contribution in [2.75, 3.05) is 0 Å². The van der Waals surface area contributed by atoms with Crippen LogP contribution in [0.3, 0.4) is 0 Å². The first kappa shape index (κ1) is 18.9. The Labute approximate surface area is 171 Å². The predicted molar refractivity (Wildman–Crippen MR) is 99.6 cm³/mol. The van der Waals surface area contributed by atoms with E-state index in [2.05, 4.69) is 0 Å². The van der Waals surface area contributed by atoms with E-state index in [1.807, 2.05) is 6.08 Å². The van der Waals surface area contributed by atoms with Gasteiger partial charge in [0.15, 0.2) is 11.6 Å². The van der Waals surface area contributed by atoms with Crippen molar-refractivity contribution in [3.05, 3.63) is 58.1 Å². The number of carbonyl (C=O) groups is 4. The van der Waals surface area contributed by atoms with Crippen LogP contribution < -0.4 is 0 Å². The lowest BCUT2D eigenvalue weighted by Crippen LogP contribution is -2.39. The highest BCUT2D eigenvalue weighted by atomic mass is 16.5. The molecule has 8 heteroatoms. The predicted octanol–water partition coefficient (Wildman–Crippen LogP) is 1.59. The molecule has 4 aliphatic rings. The number of aliphatic hydroxyl groups is 1. The Kier molecular flexibility index (Phi) is 4.06. The summed E-state index contributed by atoms with van der Waals surface area (Å²) in [7, 11) is 0. The number of imide groups is 1. The second kappa shape index (κ2) is 6.45. The normalized spacial score (nSPS) is 30.8. The van der Waals surface area contributed by atoms with Crippen LogP contribution in [0.1, 0.15) is 37.2 Å². The molecule has 30 heavy (non-hydrogen) atoms. The lowest BCUT2D eigenvalue weighted by Gasteiger charge is -2.41. The Morgan fingerprint density at radius 2 is 1.90 bits per heavy atom. The third kappa shape index (κ3) is 2.41. The first-order valence-corrected chi connectivity index (χ1v) is 9.80. The zero-order valence-electron chi connectivity index (χ0n) is 16.1. The number of hydrogen-bond acceptors (Lipinski definition) is 7. The van der Waals surface area contributed by atoms with Crippen LogP contribution in [0.25, 0.3) is 0 Å². The summed E-state index contributed by atoms with van der Waals surface area (Å²) in [6.45, 7) is 1.27. The molecule has 1 aromatic heterocycles. The molecule has 2 N–H and O–H groups in total. The Morgan fingerprint density at radius 1 is 1.13 bits per heavy atom. The van der Waals surface area contributed by atoms with E-state index in [0.717, 1.165) is 5.57 Å². The van der Waals surface area contributed by atoms with Crippen molar-refractivity contribution in [1.29, 1.82) is 0 Å². The van der Waals surface area contributed by atoms with Gasteiger partial charge < -0.3 is 9.52 Å². The van der Waals surface area contributed by atoms with Gasteiger partial charge in [-0.3, -0.25) is 24.4 Å². The fourth-order valence-corrected chi connectivity index (χ4v) is 5.31. The van der Waals surface area contributed by atoms with Crippen LogP contribution in [0.2, 0.25) is 0 Å². The number of amides is 2. The highest BCUT2D eigenvalue weighted by Gasteiger charge is 2.56. The van der Waals surface area contributed by atoms with Gasteiger partial charge in [0.1, 0.15) is 18.1 Å². The number of aliphatic hydroxyl groups excluding tert-OH is 1. The molecule has 2 heterocycles. The van der Waals surface area contributed by atoms with Gasteiger partial charge in [-0.15, -0.1) is 0 Å². The number of allylic oxidation sites excluding steroid dienone is 6. The molecule has 4 atom stereocenters. The summed E-state index contributed by atoms with van der Waals surface area (Å²) in [4.78, 5) is 50.8. The summed E-state index contributed by atoms with van der Waals surface area (Å²) >= 11 is 0. The number of fused-ring (bicyclic) bond motifs is 3. The molecule has 2 amide bonds. The van der Waals surface area contributed by atoms with Gasteiger partial charge in [0.05, 0.1) is 17.8 Å². The Bertz CT molecular complexity index is 1120. The molecule has 0 bridgehead atoms. The number of carbonyl (C=O) groups excluding carboxylic acids is 4. The fourth-order valence-electron chi connectivity index (χ4n) is 5.31. The summed E-state index contributed by atoms with van der Waals surface area (Å²) in [5, 5.41) is 19.5. The topological polar surface area (TPSA) is 125 Å². The smallest absolute Gasteiger partial charge is 0.257 e. The molecule has 1 fully saturated rings. The summed E-state index contributed by atoms with van der Waals surface area (Å²) in [6, 6.07) is 3.25. The van der Waals surface area contributed by atoms with Crippen LogP contribution in [0.5, 0.6) is 0 Å². The number of ketones is 2. The van der Waals surface area contributed by atoms with Crippen LogP contribution in [-0.2, 0) is 25.8 Å². The second-order valence-electron chi connectivity index (χ2n) is 8.18. The minimum Gasteiger partial charge on any atom is -0.463 e. The molecule has 5 rings (SSSR count). The van der Waals surface area contributed by atoms with E-state index in [9.17, 15) is 29.5 Å². The summed E-state index contributed by atoms with van der Waals surface area (Å²) in [6.07, 6.45) is 3.53. The average Bonchev–Trinajstić information content (AvgIpc) is 3.30. The molecule has 0 radical (unpaired) electrons. The molecule has 0 saturated carbocycles. The van der Waals surface area contributed by atoms with Gasteiger partial charge in [-0.05, 0) is 43.9 Å². The maximum atomic E-state index is 13.1. The minimum absolute atomic E-state index is 0.146. The lowest BCUT2D eigenvalue weighted by atomic mass is 9.60. The highest BCUT2D eigenvalue weighted by Crippen LogP contribution is 2.55. The van der Waals surface area contributed by atoms with Gasteiger partial charge in [-0.1, -0.05) is 11.6 Å². The van der Waals surface area contributed by atoms with Crippen LogP contribution >= 0.6 is 0 Å². The van der Waals surface area contributed by atoms with Gasteiger partial charge in [0, 0.05) is 16.7 Å². The summed E-state index contributed by atoms with van der Waals surface area (Å²) in [5.74, 6) is -3.82. The van der Waals surface area contributed by atoms with Gasteiger partial charge in [-0.25, -0.2) is 0 Å². The number of Topliss-reactive ketones (excluding diaryl/α,β-unsaturated/α-hetero) is 1. The van der Waals surface area contributed by atoms with Crippen LogP contribution in [0, 0.1) is 17.8 Å². The highest BCUT2D eigenvalue weighted by molar-refractivity contribution is 6.23. The SMILES string of the molecule is CC1=CC(=O)C2=C(C1=O)C(c1ccc(CO)o1)C1=CCC3C(=O)N(O)C(=O)C3C1C2. The Morgan fingerprint density at radius 3 is 2.60 bits per heavy atom. The fraction of sp³-hybridized carbons (Fsp3) is 0.364. The molecule has 1 aromatic rings. The number of hydroxylamine groups is 2. The first-order chi connectivity index (χ1) is 14.3. The minimum atomic E-state index is -0.791. The van der Waals surface area contributed by atoms with E-state index in [1.165, 1.54) is 6.08 Å². The largest absolute Gasteiger partial charge is 0.463 e. The summed E-state index contributed by atoms with van der Waals surface area (Å²) < 4.78 is 5.75. The quantitative estimate of drug-likeness (QED) is 0.329. The number of furan rings is 1. The van der Waals surface area contributed by atoms with Crippen LogP contribution in [-0.4, -0.2) is 38.8 Å². The maximum Gasteiger partial charge on any atom is 0.257 e. The van der Waals surface area contributed by atoms with E-state index in [-0.39, 0.29) is 36.1 Å². The standard InChI is InChI=1S/C22H19NO7/c1-9-6-15(25)14-7-13-11(3-4-12-17(13)22(28)23(29)21(12)27)18(19(14)20(9)26)16-5-2-10(8-24)30-16/h2-3,5-6,12-13,17-18,24,29H,4,7-8H2,1H3. The number of hydrogen-bond donors (Lipinski definition) is 2. The molecule has 1 aliphatic heterocycles. The van der Waals surface area contributed by atoms with Crippen molar-refractivity contribution >= 4 is 23.4 Å². The van der Waals surface area contributed by atoms with E-state index in [1.54, 1.807) is 19.1 Å². The van der Waals surface area contributed by atoms with Crippen molar-refractivity contribution in [2.24, 2.45) is 17.8 Å². The lowest BCUT2D eigenvalue weighted by molar-refractivity contribution is -0.173. The van der Waals surface area contributed by atoms with Gasteiger partial charge >= 0.3 is 0 Å². The maximum absolute atomic E-state index is 13.1. The van der Waals surface area contributed by atoms with E-state index in [0.29, 0.717) is 28.2 Å².